The summed E-state index contributed by atoms with van der Waals surface area (Å²) in [5, 5.41) is 21.3. The lowest BCUT2D eigenvalue weighted by molar-refractivity contribution is -0.433. The highest BCUT2D eigenvalue weighted by molar-refractivity contribution is 5.54. The van der Waals surface area contributed by atoms with Crippen LogP contribution in [0.3, 0.4) is 0 Å². The molecule has 4 nitrogen and oxygen atoms in total. The van der Waals surface area contributed by atoms with Crippen molar-refractivity contribution in [1.29, 1.82) is 0 Å². The second-order valence-electron chi connectivity index (χ2n) is 13.9. The highest BCUT2D eigenvalue weighted by Gasteiger charge is 2.69. The molecule has 9 atom stereocenters. The Morgan fingerprint density at radius 1 is 0.909 bits per heavy atom. The van der Waals surface area contributed by atoms with E-state index in [0.717, 1.165) is 51.4 Å². The van der Waals surface area contributed by atoms with Crippen LogP contribution in [0.4, 0.5) is 0 Å². The standard InChI is InChI=1S/C29H44O4/c1-18-23-19-7-8-21-24(2)11-10-22(31)25(3,17-30)20(24)9-12-27(21,5)26(19,4)13-15-29(23)16-14-28(18,6)32-33-29/h7,20-22,30-31H,8-17H2,1-6H3/t20-,21-,22-,24+,25+,26-,27-,28+,29-/m1/s1. The summed E-state index contributed by atoms with van der Waals surface area (Å²) in [5.41, 5.74) is 3.96. The zero-order chi connectivity index (χ0) is 23.7. The van der Waals surface area contributed by atoms with Gasteiger partial charge in [-0.15, -0.1) is 0 Å². The van der Waals surface area contributed by atoms with Gasteiger partial charge in [-0.3, -0.25) is 0 Å². The topological polar surface area (TPSA) is 58.9 Å². The van der Waals surface area contributed by atoms with Crippen molar-refractivity contribution in [3.63, 3.8) is 0 Å². The predicted molar refractivity (Wildman–Crippen MR) is 128 cm³/mol. The van der Waals surface area contributed by atoms with E-state index >= 15 is 0 Å². The number of hydrogen-bond donors (Lipinski definition) is 2. The third kappa shape index (κ3) is 2.43. The Kier molecular flexibility index (Phi) is 4.52. The molecule has 0 aromatic heterocycles. The van der Waals surface area contributed by atoms with Crippen molar-refractivity contribution in [3.05, 3.63) is 22.8 Å². The average molecular weight is 457 g/mol. The average Bonchev–Trinajstić information content (AvgIpc) is 2.79. The molecule has 33 heavy (non-hydrogen) atoms. The molecule has 1 spiro atoms. The highest BCUT2D eigenvalue weighted by atomic mass is 17.2. The Labute approximate surface area is 199 Å². The molecule has 5 aliphatic carbocycles. The Morgan fingerprint density at radius 2 is 1.64 bits per heavy atom. The molecule has 0 radical (unpaired) electrons. The van der Waals surface area contributed by atoms with Gasteiger partial charge in [0, 0.05) is 5.41 Å². The largest absolute Gasteiger partial charge is 0.396 e. The number of fused-ring (bicyclic) bond motifs is 7. The van der Waals surface area contributed by atoms with Gasteiger partial charge >= 0.3 is 0 Å². The van der Waals surface area contributed by atoms with E-state index < -0.39 is 11.5 Å². The van der Waals surface area contributed by atoms with Gasteiger partial charge in [0.25, 0.3) is 0 Å². The van der Waals surface area contributed by atoms with Crippen LogP contribution in [0.15, 0.2) is 22.8 Å². The lowest BCUT2D eigenvalue weighted by atomic mass is 9.35. The minimum atomic E-state index is -0.395. The molecule has 2 aliphatic heterocycles. The number of allylic oxidation sites excluding steroid dienone is 1. The summed E-state index contributed by atoms with van der Waals surface area (Å²) >= 11 is 0. The van der Waals surface area contributed by atoms with E-state index in [4.69, 9.17) is 9.78 Å². The molecule has 0 amide bonds. The zero-order valence-corrected chi connectivity index (χ0v) is 21.6. The van der Waals surface area contributed by atoms with Gasteiger partial charge in [0.2, 0.25) is 0 Å². The molecule has 3 saturated carbocycles. The first-order valence-corrected chi connectivity index (χ1v) is 13.5. The van der Waals surface area contributed by atoms with Gasteiger partial charge in [0.05, 0.1) is 12.7 Å². The zero-order valence-electron chi connectivity index (χ0n) is 21.6. The Bertz CT molecular complexity index is 941. The lowest BCUT2D eigenvalue weighted by Gasteiger charge is -2.71. The molecular weight excluding hydrogens is 412 g/mol. The van der Waals surface area contributed by atoms with Gasteiger partial charge in [-0.25, -0.2) is 9.78 Å². The predicted octanol–water partition coefficient (Wildman–Crippen LogP) is 5.88. The minimum absolute atomic E-state index is 0.0841. The summed E-state index contributed by atoms with van der Waals surface area (Å²) in [6, 6.07) is 0. The van der Waals surface area contributed by atoms with Crippen LogP contribution < -0.4 is 0 Å². The second-order valence-corrected chi connectivity index (χ2v) is 13.9. The third-order valence-corrected chi connectivity index (χ3v) is 12.9. The molecule has 0 aromatic rings. The highest BCUT2D eigenvalue weighted by Crippen LogP contribution is 2.75. The van der Waals surface area contributed by atoms with Crippen molar-refractivity contribution >= 4 is 0 Å². The van der Waals surface area contributed by atoms with Gasteiger partial charge < -0.3 is 10.2 Å². The summed E-state index contributed by atoms with van der Waals surface area (Å²) in [6.45, 7) is 14.4. The smallest absolute Gasteiger partial charge is 0.129 e. The molecule has 7 rings (SSSR count). The molecule has 7 aliphatic rings. The van der Waals surface area contributed by atoms with Crippen LogP contribution in [-0.2, 0) is 9.78 Å². The van der Waals surface area contributed by atoms with Gasteiger partial charge in [0.15, 0.2) is 0 Å². The maximum absolute atomic E-state index is 10.9. The van der Waals surface area contributed by atoms with Crippen LogP contribution >= 0.6 is 0 Å². The Hall–Kier alpha value is -0.680. The molecule has 2 N–H and O–H groups in total. The van der Waals surface area contributed by atoms with Gasteiger partial charge in [0.1, 0.15) is 11.2 Å². The number of hydrogen-bond acceptors (Lipinski definition) is 4. The summed E-state index contributed by atoms with van der Waals surface area (Å²) < 4.78 is 0. The van der Waals surface area contributed by atoms with Crippen LogP contribution in [-0.4, -0.2) is 34.1 Å². The van der Waals surface area contributed by atoms with E-state index in [1.807, 2.05) is 0 Å². The molecule has 1 saturated heterocycles. The van der Waals surface area contributed by atoms with Crippen molar-refractivity contribution in [2.45, 2.75) is 117 Å². The van der Waals surface area contributed by atoms with Gasteiger partial charge in [-0.1, -0.05) is 33.8 Å². The van der Waals surface area contributed by atoms with Crippen LogP contribution in [0, 0.1) is 33.5 Å². The number of rotatable bonds is 1. The Balaban J connectivity index is 1.48. The van der Waals surface area contributed by atoms with Crippen molar-refractivity contribution in [3.8, 4) is 0 Å². The van der Waals surface area contributed by atoms with E-state index in [0.29, 0.717) is 11.8 Å². The summed E-state index contributed by atoms with van der Waals surface area (Å²) in [6.07, 6.45) is 11.7. The van der Waals surface area contributed by atoms with Gasteiger partial charge in [-0.2, -0.15) is 0 Å². The molecular formula is C29H44O4. The molecule has 0 unspecified atom stereocenters. The van der Waals surface area contributed by atoms with Crippen molar-refractivity contribution in [1.82, 2.24) is 0 Å². The van der Waals surface area contributed by atoms with E-state index in [1.54, 1.807) is 5.57 Å². The maximum Gasteiger partial charge on any atom is 0.129 e. The second kappa shape index (κ2) is 6.55. The van der Waals surface area contributed by atoms with Crippen LogP contribution in [0.2, 0.25) is 0 Å². The molecule has 2 heterocycles. The summed E-state index contributed by atoms with van der Waals surface area (Å²) in [5.74, 6) is 0.937. The number of aliphatic hydroxyl groups is 2. The fourth-order valence-electron chi connectivity index (χ4n) is 10.2. The van der Waals surface area contributed by atoms with Crippen LogP contribution in [0.1, 0.15) is 99.3 Å². The summed E-state index contributed by atoms with van der Waals surface area (Å²) in [7, 11) is 0. The van der Waals surface area contributed by atoms with Crippen molar-refractivity contribution < 1.29 is 20.0 Å². The molecule has 2 bridgehead atoms. The fourth-order valence-corrected chi connectivity index (χ4v) is 10.2. The van der Waals surface area contributed by atoms with E-state index in [-0.39, 0.29) is 34.1 Å². The molecule has 4 heteroatoms. The van der Waals surface area contributed by atoms with Gasteiger partial charge in [-0.05, 0) is 116 Å². The normalized spacial score (nSPS) is 57.6. The van der Waals surface area contributed by atoms with Crippen molar-refractivity contribution in [2.75, 3.05) is 6.61 Å². The first-order chi connectivity index (χ1) is 15.4. The summed E-state index contributed by atoms with van der Waals surface area (Å²) in [4.78, 5) is 12.2. The molecule has 184 valence electrons. The quantitative estimate of drug-likeness (QED) is 0.484. The maximum atomic E-state index is 10.9. The number of aliphatic hydroxyl groups excluding tert-OH is 2. The third-order valence-electron chi connectivity index (χ3n) is 12.9. The van der Waals surface area contributed by atoms with Crippen molar-refractivity contribution in [2.24, 2.45) is 33.5 Å². The minimum Gasteiger partial charge on any atom is -0.396 e. The first-order valence-electron chi connectivity index (χ1n) is 13.5. The van der Waals surface area contributed by atoms with E-state index in [2.05, 4.69) is 47.6 Å². The Morgan fingerprint density at radius 3 is 2.30 bits per heavy atom. The first kappa shape index (κ1) is 22.8. The van der Waals surface area contributed by atoms with Crippen LogP contribution in [0.5, 0.6) is 0 Å². The lowest BCUT2D eigenvalue weighted by Crippen LogP contribution is -2.66. The SMILES string of the molecule is CC1=C2C3=CC[C@@H]4[C@@]5(C)CC[C@@H](O)[C@@](C)(CO)[C@@H]5CC[C@@]4(C)[C@]3(C)CC[C@@]23CC[C@]1(C)OO3. The molecule has 4 fully saturated rings. The monoisotopic (exact) mass is 456 g/mol. The fraction of sp³-hybridized carbons (Fsp3) is 0.862. The van der Waals surface area contributed by atoms with E-state index in [1.165, 1.54) is 17.6 Å². The van der Waals surface area contributed by atoms with E-state index in [9.17, 15) is 10.2 Å². The molecule has 0 aromatic carbocycles. The van der Waals surface area contributed by atoms with Crippen LogP contribution in [0.25, 0.3) is 0 Å².